The Morgan fingerprint density at radius 1 is 1.20 bits per heavy atom. The van der Waals surface area contributed by atoms with Crippen LogP contribution in [0.25, 0.3) is 11.0 Å². The highest BCUT2D eigenvalue weighted by atomic mass is 19.4. The molecule has 0 unspecified atom stereocenters. The normalized spacial score (nSPS) is 11.6. The predicted molar refractivity (Wildman–Crippen MR) is 81.4 cm³/mol. The first-order valence-corrected chi connectivity index (χ1v) is 7.00. The summed E-state index contributed by atoms with van der Waals surface area (Å²) < 4.78 is 38.8. The summed E-state index contributed by atoms with van der Waals surface area (Å²) >= 11 is 0. The van der Waals surface area contributed by atoms with Gasteiger partial charge in [-0.2, -0.15) is 13.2 Å². The first kappa shape index (κ1) is 16.6. The summed E-state index contributed by atoms with van der Waals surface area (Å²) in [7, 11) is 0. The molecular formula is C16H10F3N3O3. The van der Waals surface area contributed by atoms with Crippen molar-refractivity contribution in [1.82, 2.24) is 14.5 Å². The number of halogens is 3. The fraction of sp³-hybridized carbons (Fsp3) is 0.125. The Bertz CT molecular complexity index is 1010. The van der Waals surface area contributed by atoms with Crippen molar-refractivity contribution in [3.63, 3.8) is 0 Å². The van der Waals surface area contributed by atoms with Crippen LogP contribution in [0.3, 0.4) is 0 Å². The molecule has 0 spiro atoms. The molecule has 0 radical (unpaired) electrons. The molecule has 0 saturated heterocycles. The Morgan fingerprint density at radius 2 is 1.96 bits per heavy atom. The third-order valence-electron chi connectivity index (χ3n) is 3.60. The standard InChI is InChI=1S/C16H10F3N3O3/c17-16(18,19)12-4-3-9(6-21-12)7-22-14-10(2-1-5-20-14)13(24)11(8-23)15(22)25/h1-6,8,24H,7H2. The third-order valence-corrected chi connectivity index (χ3v) is 3.60. The zero-order valence-corrected chi connectivity index (χ0v) is 12.5. The molecule has 6 nitrogen and oxygen atoms in total. The summed E-state index contributed by atoms with van der Waals surface area (Å²) in [5.41, 5.74) is -1.87. The minimum Gasteiger partial charge on any atom is -0.506 e. The summed E-state index contributed by atoms with van der Waals surface area (Å²) in [6.07, 6.45) is -1.95. The van der Waals surface area contributed by atoms with Crippen LogP contribution in [0.1, 0.15) is 21.6 Å². The number of carbonyl (C=O) groups excluding carboxylic acids is 1. The van der Waals surface area contributed by atoms with Crippen molar-refractivity contribution in [1.29, 1.82) is 0 Å². The van der Waals surface area contributed by atoms with Crippen molar-refractivity contribution >= 4 is 17.3 Å². The van der Waals surface area contributed by atoms with Gasteiger partial charge in [-0.15, -0.1) is 0 Å². The molecule has 25 heavy (non-hydrogen) atoms. The Labute approximate surface area is 138 Å². The average Bonchev–Trinajstić information content (AvgIpc) is 2.59. The number of rotatable bonds is 3. The Morgan fingerprint density at radius 3 is 2.56 bits per heavy atom. The van der Waals surface area contributed by atoms with Crippen LogP contribution in [0.5, 0.6) is 5.75 Å². The van der Waals surface area contributed by atoms with E-state index in [1.165, 1.54) is 24.4 Å². The number of carbonyl (C=O) groups is 1. The SMILES string of the molecule is O=Cc1c(O)c2cccnc2n(Cc2ccc(C(F)(F)F)nc2)c1=O. The summed E-state index contributed by atoms with van der Waals surface area (Å²) in [6, 6.07) is 4.98. The van der Waals surface area contributed by atoms with E-state index in [4.69, 9.17) is 0 Å². The van der Waals surface area contributed by atoms with Crippen molar-refractivity contribution < 1.29 is 23.1 Å². The summed E-state index contributed by atoms with van der Waals surface area (Å²) in [4.78, 5) is 30.9. The van der Waals surface area contributed by atoms with Crippen molar-refractivity contribution in [3.05, 3.63) is 63.8 Å². The predicted octanol–water partition coefficient (Wildman–Crippen LogP) is 2.38. The van der Waals surface area contributed by atoms with E-state index in [0.29, 0.717) is 5.56 Å². The van der Waals surface area contributed by atoms with Gasteiger partial charge in [0.05, 0.1) is 11.9 Å². The van der Waals surface area contributed by atoms with Gasteiger partial charge in [0.2, 0.25) is 0 Å². The smallest absolute Gasteiger partial charge is 0.433 e. The molecule has 3 rings (SSSR count). The van der Waals surface area contributed by atoms with Crippen molar-refractivity contribution in [3.8, 4) is 5.75 Å². The van der Waals surface area contributed by atoms with Crippen LogP contribution in [-0.2, 0) is 12.7 Å². The molecule has 0 aliphatic carbocycles. The van der Waals surface area contributed by atoms with Gasteiger partial charge in [0, 0.05) is 12.4 Å². The molecule has 1 N–H and O–H groups in total. The monoisotopic (exact) mass is 349 g/mol. The second-order valence-electron chi connectivity index (χ2n) is 5.20. The van der Waals surface area contributed by atoms with E-state index in [-0.39, 0.29) is 23.9 Å². The lowest BCUT2D eigenvalue weighted by Crippen LogP contribution is -2.25. The maximum absolute atomic E-state index is 12.6. The number of aldehydes is 1. The number of nitrogens with zero attached hydrogens (tertiary/aromatic N) is 3. The van der Waals surface area contributed by atoms with Crippen LogP contribution in [0.4, 0.5) is 13.2 Å². The van der Waals surface area contributed by atoms with Gasteiger partial charge in [0.15, 0.2) is 6.29 Å². The van der Waals surface area contributed by atoms with E-state index in [1.807, 2.05) is 0 Å². The molecule has 0 bridgehead atoms. The number of fused-ring (bicyclic) bond motifs is 1. The second kappa shape index (κ2) is 6.00. The van der Waals surface area contributed by atoms with Crippen LogP contribution in [-0.4, -0.2) is 25.9 Å². The molecule has 0 atom stereocenters. The van der Waals surface area contributed by atoms with Gasteiger partial charge < -0.3 is 5.11 Å². The number of aromatic nitrogens is 3. The molecule has 128 valence electrons. The van der Waals surface area contributed by atoms with E-state index < -0.39 is 28.7 Å². The van der Waals surface area contributed by atoms with Crippen LogP contribution in [0.2, 0.25) is 0 Å². The zero-order valence-electron chi connectivity index (χ0n) is 12.5. The first-order valence-electron chi connectivity index (χ1n) is 7.00. The maximum Gasteiger partial charge on any atom is 0.433 e. The van der Waals surface area contributed by atoms with Gasteiger partial charge in [-0.25, -0.2) is 4.98 Å². The van der Waals surface area contributed by atoms with Crippen molar-refractivity contribution in [2.45, 2.75) is 12.7 Å². The molecule has 3 aromatic heterocycles. The zero-order chi connectivity index (χ0) is 18.2. The highest BCUT2D eigenvalue weighted by Crippen LogP contribution is 2.28. The quantitative estimate of drug-likeness (QED) is 0.734. The topological polar surface area (TPSA) is 85.1 Å². The molecule has 0 fully saturated rings. The number of hydrogen-bond donors (Lipinski definition) is 1. The highest BCUT2D eigenvalue weighted by molar-refractivity contribution is 5.91. The van der Waals surface area contributed by atoms with Gasteiger partial charge >= 0.3 is 6.18 Å². The maximum atomic E-state index is 12.6. The fourth-order valence-corrected chi connectivity index (χ4v) is 2.41. The molecule has 0 saturated carbocycles. The average molecular weight is 349 g/mol. The van der Waals surface area contributed by atoms with E-state index in [0.717, 1.165) is 16.8 Å². The van der Waals surface area contributed by atoms with E-state index in [1.54, 1.807) is 0 Å². The van der Waals surface area contributed by atoms with Gasteiger partial charge in [-0.05, 0) is 23.8 Å². The largest absolute Gasteiger partial charge is 0.506 e. The molecule has 0 amide bonds. The molecule has 3 heterocycles. The number of hydrogen-bond acceptors (Lipinski definition) is 5. The molecule has 0 aromatic carbocycles. The van der Waals surface area contributed by atoms with Crippen LogP contribution in [0, 0.1) is 0 Å². The fourth-order valence-electron chi connectivity index (χ4n) is 2.41. The summed E-state index contributed by atoms with van der Waals surface area (Å²) in [5, 5.41) is 10.2. The van der Waals surface area contributed by atoms with Gasteiger partial charge in [0.1, 0.15) is 22.7 Å². The third kappa shape index (κ3) is 2.95. The van der Waals surface area contributed by atoms with E-state index in [9.17, 15) is 27.9 Å². The highest BCUT2D eigenvalue weighted by Gasteiger charge is 2.32. The lowest BCUT2D eigenvalue weighted by molar-refractivity contribution is -0.141. The Balaban J connectivity index is 2.13. The van der Waals surface area contributed by atoms with Gasteiger partial charge in [-0.1, -0.05) is 6.07 Å². The van der Waals surface area contributed by atoms with Gasteiger partial charge in [-0.3, -0.25) is 19.1 Å². The van der Waals surface area contributed by atoms with Crippen LogP contribution < -0.4 is 5.56 Å². The molecule has 0 aliphatic rings. The summed E-state index contributed by atoms with van der Waals surface area (Å²) in [5.74, 6) is -0.482. The molecular weight excluding hydrogens is 339 g/mol. The Hall–Kier alpha value is -3.23. The second-order valence-corrected chi connectivity index (χ2v) is 5.20. The Kier molecular flexibility index (Phi) is 3.99. The van der Waals surface area contributed by atoms with E-state index in [2.05, 4.69) is 9.97 Å². The number of aromatic hydroxyl groups is 1. The molecule has 0 aliphatic heterocycles. The minimum absolute atomic E-state index is 0.107. The van der Waals surface area contributed by atoms with Crippen LogP contribution >= 0.6 is 0 Å². The molecule has 9 heteroatoms. The van der Waals surface area contributed by atoms with E-state index >= 15 is 0 Å². The lowest BCUT2D eigenvalue weighted by Gasteiger charge is -2.12. The number of alkyl halides is 3. The van der Waals surface area contributed by atoms with Crippen molar-refractivity contribution in [2.24, 2.45) is 0 Å². The van der Waals surface area contributed by atoms with Crippen LogP contribution in [0.15, 0.2) is 41.5 Å². The van der Waals surface area contributed by atoms with Gasteiger partial charge in [0.25, 0.3) is 5.56 Å². The summed E-state index contributed by atoms with van der Waals surface area (Å²) in [6.45, 7) is -0.154. The minimum atomic E-state index is -4.56. The number of pyridine rings is 3. The molecule has 3 aromatic rings. The van der Waals surface area contributed by atoms with Crippen molar-refractivity contribution in [2.75, 3.05) is 0 Å². The lowest BCUT2D eigenvalue weighted by atomic mass is 10.1. The first-order chi connectivity index (χ1) is 11.8.